The van der Waals surface area contributed by atoms with Crippen LogP contribution in [-0.4, -0.2) is 61.9 Å². The molecule has 2 aliphatic rings. The molecule has 2 N–H and O–H groups in total. The first-order valence-corrected chi connectivity index (χ1v) is 18.3. The third-order valence-corrected chi connectivity index (χ3v) is 10.1. The van der Waals surface area contributed by atoms with E-state index in [1.54, 1.807) is 33.2 Å². The van der Waals surface area contributed by atoms with Gasteiger partial charge in [-0.05, 0) is 60.5 Å². The molecule has 0 amide bonds. The number of benzene rings is 3. The SMILES string of the molecule is CNc1nc(Cc2ccc(-n3cnc(C)n3)c(F)c2)nc2c1C(C)(C)CN2c1ccc(F)c(F)c1.CNc1nc(Cl)nc2c1C(C)(C)CN2c1ccc(F)c(F)c1. The second-order valence-electron chi connectivity index (χ2n) is 15.1. The Morgan fingerprint density at radius 3 is 1.70 bits per heavy atom. The van der Waals surface area contributed by atoms with Crippen LogP contribution in [0.4, 0.5) is 56.6 Å². The highest BCUT2D eigenvalue weighted by Gasteiger charge is 2.42. The molecule has 0 aliphatic carbocycles. The molecule has 0 bridgehead atoms. The van der Waals surface area contributed by atoms with Crippen LogP contribution in [0.3, 0.4) is 0 Å². The van der Waals surface area contributed by atoms with E-state index in [0.717, 1.165) is 29.3 Å². The summed E-state index contributed by atoms with van der Waals surface area (Å²) < 4.78 is 70.5. The molecule has 2 aliphatic heterocycles. The fourth-order valence-corrected chi connectivity index (χ4v) is 7.48. The van der Waals surface area contributed by atoms with Crippen LogP contribution >= 0.6 is 11.6 Å². The van der Waals surface area contributed by atoms with Crippen molar-refractivity contribution in [3.63, 3.8) is 0 Å². The van der Waals surface area contributed by atoms with Crippen molar-refractivity contribution >= 4 is 46.2 Å². The normalized spacial score (nSPS) is 14.9. The largest absolute Gasteiger partial charge is 0.373 e. The van der Waals surface area contributed by atoms with Crippen molar-refractivity contribution < 1.29 is 22.0 Å². The zero-order chi connectivity index (χ0) is 41.0. The molecule has 57 heavy (non-hydrogen) atoms. The number of aromatic nitrogens is 7. The zero-order valence-electron chi connectivity index (χ0n) is 32.2. The molecule has 0 spiro atoms. The van der Waals surface area contributed by atoms with E-state index in [1.807, 2.05) is 23.6 Å². The van der Waals surface area contributed by atoms with E-state index < -0.39 is 29.1 Å². The molecule has 0 radical (unpaired) electrons. The van der Waals surface area contributed by atoms with Gasteiger partial charge in [-0.2, -0.15) is 10.1 Å². The Hall–Kier alpha value is -5.90. The topological polar surface area (TPSA) is 113 Å². The number of anilines is 6. The van der Waals surface area contributed by atoms with E-state index in [0.29, 0.717) is 70.6 Å². The molecular weight excluding hydrogens is 765 g/mol. The molecule has 8 rings (SSSR count). The maximum atomic E-state index is 14.9. The molecule has 3 aromatic carbocycles. The van der Waals surface area contributed by atoms with Gasteiger partial charge in [0.25, 0.3) is 0 Å². The molecule has 3 aromatic heterocycles. The second-order valence-corrected chi connectivity index (χ2v) is 15.4. The highest BCUT2D eigenvalue weighted by molar-refractivity contribution is 6.28. The van der Waals surface area contributed by atoms with Crippen LogP contribution in [0.1, 0.15) is 56.0 Å². The standard InChI is InChI=1S/C25H24F3N7.C15H15ClF2N4/c1-14-30-13-35(33-14)20-8-5-15(9-19(20)28)10-21-31-23(29-4)22-24(32-21)34(12-25(22,2)3)16-6-7-17(26)18(27)11-16;1-15(2)7-22(8-4-5-9(17)10(18)6-8)13-11(15)12(19-3)20-14(16)21-13/h5-9,11,13H,10,12H2,1-4H3,(H,29,31,32);4-6H,7H2,1-3H3,(H,19,20,21). The lowest BCUT2D eigenvalue weighted by molar-refractivity contribution is 0.508. The van der Waals surface area contributed by atoms with E-state index in [-0.39, 0.29) is 22.5 Å². The van der Waals surface area contributed by atoms with Gasteiger partial charge in [0.2, 0.25) is 5.28 Å². The van der Waals surface area contributed by atoms with E-state index in [4.69, 9.17) is 21.6 Å². The quantitative estimate of drug-likeness (QED) is 0.120. The Labute approximate surface area is 331 Å². The van der Waals surface area contributed by atoms with Gasteiger partial charge >= 0.3 is 0 Å². The second kappa shape index (κ2) is 14.9. The van der Waals surface area contributed by atoms with Gasteiger partial charge in [-0.15, -0.1) is 0 Å². The lowest BCUT2D eigenvalue weighted by Gasteiger charge is -2.22. The number of hydrogen-bond donors (Lipinski definition) is 2. The van der Waals surface area contributed by atoms with Crippen LogP contribution < -0.4 is 20.4 Å². The number of nitrogens with zero attached hydrogens (tertiary/aromatic N) is 9. The summed E-state index contributed by atoms with van der Waals surface area (Å²) in [5.41, 5.74) is 3.20. The van der Waals surface area contributed by atoms with Gasteiger partial charge in [0, 0.05) is 79.1 Å². The number of halogens is 6. The predicted molar refractivity (Wildman–Crippen MR) is 210 cm³/mol. The summed E-state index contributed by atoms with van der Waals surface area (Å²) in [6.45, 7) is 11.0. The maximum Gasteiger partial charge on any atom is 0.226 e. The van der Waals surface area contributed by atoms with Crippen LogP contribution in [0.25, 0.3) is 5.69 Å². The van der Waals surface area contributed by atoms with E-state index in [9.17, 15) is 22.0 Å². The average molecular weight is 804 g/mol. The third-order valence-electron chi connectivity index (χ3n) is 9.90. The fourth-order valence-electron chi connectivity index (χ4n) is 7.32. The van der Waals surface area contributed by atoms with Crippen molar-refractivity contribution in [3.05, 3.63) is 124 Å². The highest BCUT2D eigenvalue weighted by Crippen LogP contribution is 2.48. The molecular formula is C40H39ClF5N11. The average Bonchev–Trinajstić information content (AvgIpc) is 3.80. The molecule has 0 atom stereocenters. The molecule has 0 saturated heterocycles. The fraction of sp³-hybridized carbons (Fsp3) is 0.300. The first-order valence-electron chi connectivity index (χ1n) is 18.0. The van der Waals surface area contributed by atoms with Gasteiger partial charge in [0.1, 0.15) is 52.8 Å². The van der Waals surface area contributed by atoms with Crippen LogP contribution in [-0.2, 0) is 17.3 Å². The number of aryl methyl sites for hydroxylation is 1. The van der Waals surface area contributed by atoms with Crippen molar-refractivity contribution in [2.75, 3.05) is 47.6 Å². The first kappa shape index (κ1) is 39.3. The van der Waals surface area contributed by atoms with E-state index in [2.05, 4.69) is 44.5 Å². The zero-order valence-corrected chi connectivity index (χ0v) is 32.9. The monoisotopic (exact) mass is 803 g/mol. The predicted octanol–water partition coefficient (Wildman–Crippen LogP) is 8.72. The molecule has 0 fully saturated rings. The van der Waals surface area contributed by atoms with Gasteiger partial charge in [0.15, 0.2) is 23.3 Å². The molecule has 5 heterocycles. The molecule has 0 unspecified atom stereocenters. The van der Waals surface area contributed by atoms with Gasteiger partial charge in [-0.25, -0.2) is 46.6 Å². The summed E-state index contributed by atoms with van der Waals surface area (Å²) in [6.07, 6.45) is 1.74. The van der Waals surface area contributed by atoms with Crippen LogP contribution in [0.15, 0.2) is 60.9 Å². The van der Waals surface area contributed by atoms with Crippen LogP contribution in [0, 0.1) is 36.0 Å². The lowest BCUT2D eigenvalue weighted by atomic mass is 9.88. The van der Waals surface area contributed by atoms with Crippen LogP contribution in [0.5, 0.6) is 0 Å². The Bertz CT molecular complexity index is 2510. The van der Waals surface area contributed by atoms with E-state index >= 15 is 0 Å². The Morgan fingerprint density at radius 2 is 1.21 bits per heavy atom. The van der Waals surface area contributed by atoms with Crippen molar-refractivity contribution in [2.45, 2.75) is 51.9 Å². The summed E-state index contributed by atoms with van der Waals surface area (Å²) in [7, 11) is 3.53. The summed E-state index contributed by atoms with van der Waals surface area (Å²) in [5.74, 6) is -0.487. The van der Waals surface area contributed by atoms with E-state index in [1.165, 1.54) is 35.3 Å². The van der Waals surface area contributed by atoms with Gasteiger partial charge in [0.05, 0.1) is 0 Å². The first-order chi connectivity index (χ1) is 27.0. The summed E-state index contributed by atoms with van der Waals surface area (Å²) in [5, 5.41) is 10.4. The van der Waals surface area contributed by atoms with Crippen molar-refractivity contribution in [2.24, 2.45) is 0 Å². The summed E-state index contributed by atoms with van der Waals surface area (Å²) in [4.78, 5) is 25.7. The minimum Gasteiger partial charge on any atom is -0.373 e. The molecule has 17 heteroatoms. The Morgan fingerprint density at radius 1 is 0.667 bits per heavy atom. The van der Waals surface area contributed by atoms with Crippen LogP contribution in [0.2, 0.25) is 5.28 Å². The smallest absolute Gasteiger partial charge is 0.226 e. The lowest BCUT2D eigenvalue weighted by Crippen LogP contribution is -2.25. The number of hydrogen-bond acceptors (Lipinski definition) is 10. The summed E-state index contributed by atoms with van der Waals surface area (Å²) >= 11 is 5.99. The number of nitrogens with one attached hydrogen (secondary N) is 2. The van der Waals surface area contributed by atoms with Gasteiger partial charge < -0.3 is 20.4 Å². The van der Waals surface area contributed by atoms with Crippen molar-refractivity contribution in [1.29, 1.82) is 0 Å². The number of rotatable bonds is 7. The Kier molecular flexibility index (Phi) is 10.3. The highest BCUT2D eigenvalue weighted by atomic mass is 35.5. The molecule has 0 saturated carbocycles. The Balaban J connectivity index is 0.000000194. The summed E-state index contributed by atoms with van der Waals surface area (Å²) in [6, 6.07) is 12.5. The molecule has 11 nitrogen and oxygen atoms in total. The van der Waals surface area contributed by atoms with Gasteiger partial charge in [-0.1, -0.05) is 33.8 Å². The number of fused-ring (bicyclic) bond motifs is 2. The minimum atomic E-state index is -0.921. The molecule has 296 valence electrons. The van der Waals surface area contributed by atoms with Crippen molar-refractivity contribution in [1.82, 2.24) is 34.7 Å². The van der Waals surface area contributed by atoms with Gasteiger partial charge in [-0.3, -0.25) is 0 Å². The molecule has 6 aromatic rings. The minimum absolute atomic E-state index is 0.105. The maximum absolute atomic E-state index is 14.9. The van der Waals surface area contributed by atoms with Crippen molar-refractivity contribution in [3.8, 4) is 5.69 Å². The third kappa shape index (κ3) is 7.53.